The molecule has 2 aliphatic heterocycles. The zero-order chi connectivity index (χ0) is 15.0. The molecule has 0 aromatic heterocycles. The van der Waals surface area contributed by atoms with E-state index in [4.69, 9.17) is 4.74 Å². The molecule has 118 valence electrons. The molecule has 0 radical (unpaired) electrons. The Labute approximate surface area is 127 Å². The second-order valence-electron chi connectivity index (χ2n) is 7.87. The number of hydrogen-bond donors (Lipinski definition) is 0. The number of hydrogen-bond acceptors (Lipinski definition) is 2. The first-order valence-corrected chi connectivity index (χ1v) is 9.11. The highest BCUT2D eigenvalue weighted by Gasteiger charge is 2.46. The Kier molecular flexibility index (Phi) is 4.98. The summed E-state index contributed by atoms with van der Waals surface area (Å²) in [5.74, 6) is 0.693. The molecule has 2 atom stereocenters. The zero-order valence-electron chi connectivity index (χ0n) is 13.8. The van der Waals surface area contributed by atoms with Crippen molar-refractivity contribution < 1.29 is 8.95 Å². The fourth-order valence-corrected chi connectivity index (χ4v) is 5.35. The van der Waals surface area contributed by atoms with Gasteiger partial charge in [-0.3, -0.25) is 0 Å². The van der Waals surface area contributed by atoms with Gasteiger partial charge in [-0.25, -0.2) is 8.51 Å². The van der Waals surface area contributed by atoms with Gasteiger partial charge in [0.25, 0.3) is 0 Å². The second-order valence-corrected chi connectivity index (χ2v) is 10.1. The maximum absolute atomic E-state index is 12.8. The molecular weight excluding hydrogens is 270 g/mol. The van der Waals surface area contributed by atoms with Crippen LogP contribution in [0.15, 0.2) is 0 Å². The predicted octanol–water partition coefficient (Wildman–Crippen LogP) is 3.37. The first-order chi connectivity index (χ1) is 9.24. The van der Waals surface area contributed by atoms with Crippen molar-refractivity contribution in [2.24, 2.45) is 11.3 Å². The summed E-state index contributed by atoms with van der Waals surface area (Å²) in [6.45, 7) is 13.8. The van der Waals surface area contributed by atoms with E-state index in [1.807, 2.05) is 0 Å². The van der Waals surface area contributed by atoms with Gasteiger partial charge in [0.05, 0.1) is 15.7 Å². The topological polar surface area (TPSA) is 29.5 Å². The molecule has 0 aliphatic carbocycles. The molecule has 2 saturated heterocycles. The van der Waals surface area contributed by atoms with Crippen LogP contribution in [0.4, 0.5) is 0 Å². The van der Waals surface area contributed by atoms with E-state index in [0.29, 0.717) is 12.0 Å². The average Bonchev–Trinajstić information content (AvgIpc) is 2.87. The van der Waals surface area contributed by atoms with E-state index in [1.165, 1.54) is 12.8 Å². The normalized spacial score (nSPS) is 28.8. The van der Waals surface area contributed by atoms with Gasteiger partial charge in [-0.1, -0.05) is 13.8 Å². The van der Waals surface area contributed by atoms with Gasteiger partial charge in [0.2, 0.25) is 0 Å². The third kappa shape index (κ3) is 3.28. The van der Waals surface area contributed by atoms with Gasteiger partial charge in [0, 0.05) is 25.8 Å². The molecule has 0 amide bonds. The van der Waals surface area contributed by atoms with Gasteiger partial charge in [-0.2, -0.15) is 0 Å². The van der Waals surface area contributed by atoms with Crippen LogP contribution in [0, 0.1) is 11.3 Å². The lowest BCUT2D eigenvalue weighted by Crippen LogP contribution is -2.50. The van der Waals surface area contributed by atoms with Gasteiger partial charge >= 0.3 is 0 Å². The van der Waals surface area contributed by atoms with Crippen molar-refractivity contribution in [2.75, 3.05) is 19.8 Å². The molecule has 2 fully saturated rings. The molecule has 0 unspecified atom stereocenters. The van der Waals surface area contributed by atoms with E-state index in [2.05, 4.69) is 38.9 Å². The van der Waals surface area contributed by atoms with Gasteiger partial charge in [0.15, 0.2) is 0 Å². The summed E-state index contributed by atoms with van der Waals surface area (Å²) in [5.41, 5.74) is 0.223. The Morgan fingerprint density at radius 2 is 1.65 bits per heavy atom. The molecule has 0 saturated carbocycles. The van der Waals surface area contributed by atoms with Crippen molar-refractivity contribution in [3.63, 3.8) is 0 Å². The van der Waals surface area contributed by atoms with Gasteiger partial charge < -0.3 is 4.74 Å². The lowest BCUT2D eigenvalue weighted by Gasteiger charge is -2.45. The molecule has 0 aromatic carbocycles. The number of ether oxygens (including phenoxy) is 1. The first-order valence-electron chi connectivity index (χ1n) is 8.01. The molecule has 2 rings (SSSR count). The van der Waals surface area contributed by atoms with Crippen molar-refractivity contribution in [2.45, 2.75) is 71.1 Å². The molecule has 2 aliphatic rings. The highest BCUT2D eigenvalue weighted by atomic mass is 32.2. The van der Waals surface area contributed by atoms with E-state index in [1.54, 1.807) is 0 Å². The molecule has 0 aromatic rings. The maximum Gasteiger partial charge on any atom is 0.1000 e. The summed E-state index contributed by atoms with van der Waals surface area (Å²) in [5, 5.41) is 0. The largest absolute Gasteiger partial charge is 0.381 e. The van der Waals surface area contributed by atoms with Crippen LogP contribution in [0.3, 0.4) is 0 Å². The molecule has 0 spiro atoms. The average molecular weight is 301 g/mol. The van der Waals surface area contributed by atoms with Crippen molar-refractivity contribution in [1.82, 2.24) is 4.31 Å². The Hall–Kier alpha value is 0.0700. The minimum atomic E-state index is -0.892. The van der Waals surface area contributed by atoms with Crippen molar-refractivity contribution in [3.05, 3.63) is 0 Å². The van der Waals surface area contributed by atoms with Crippen LogP contribution in [0.1, 0.15) is 60.3 Å². The monoisotopic (exact) mass is 301 g/mol. The van der Waals surface area contributed by atoms with E-state index in [9.17, 15) is 4.21 Å². The lowest BCUT2D eigenvalue weighted by molar-refractivity contribution is 0.00127. The predicted molar refractivity (Wildman–Crippen MR) is 84.9 cm³/mol. The van der Waals surface area contributed by atoms with Crippen LogP contribution in [0.25, 0.3) is 0 Å². The van der Waals surface area contributed by atoms with Crippen LogP contribution in [0.2, 0.25) is 0 Å². The summed E-state index contributed by atoms with van der Waals surface area (Å²) in [6, 6.07) is 0.450. The molecule has 3 nitrogen and oxygen atoms in total. The summed E-state index contributed by atoms with van der Waals surface area (Å²) in [7, 11) is -0.892. The third-order valence-electron chi connectivity index (χ3n) is 5.07. The fourth-order valence-electron chi connectivity index (χ4n) is 3.75. The summed E-state index contributed by atoms with van der Waals surface area (Å²) < 4.78 is 20.5. The van der Waals surface area contributed by atoms with Crippen molar-refractivity contribution in [3.8, 4) is 0 Å². The van der Waals surface area contributed by atoms with Crippen molar-refractivity contribution >= 4 is 11.0 Å². The molecule has 4 heteroatoms. The third-order valence-corrected chi connectivity index (χ3v) is 6.98. The van der Waals surface area contributed by atoms with E-state index >= 15 is 0 Å². The Morgan fingerprint density at radius 1 is 1.05 bits per heavy atom. The van der Waals surface area contributed by atoms with Gasteiger partial charge in [-0.05, 0) is 57.8 Å². The fraction of sp³-hybridized carbons (Fsp3) is 1.00. The molecule has 0 N–H and O–H groups in total. The maximum atomic E-state index is 12.8. The lowest BCUT2D eigenvalue weighted by atomic mass is 9.69. The Bertz CT molecular complexity index is 356. The standard InChI is InChI=1S/C16H31NO2S/c1-15(2,3)20(18)17-10-6-7-14(17)16(4,5)13-8-11-19-12-9-13/h13-14H,6-12H2,1-5H3/t14-,20+/m0/s1. The number of nitrogens with zero attached hydrogens (tertiary/aromatic N) is 1. The van der Waals surface area contributed by atoms with Gasteiger partial charge in [-0.15, -0.1) is 0 Å². The molecule has 20 heavy (non-hydrogen) atoms. The first kappa shape index (κ1) is 16.4. The minimum absolute atomic E-state index is 0.158. The quantitative estimate of drug-likeness (QED) is 0.800. The second kappa shape index (κ2) is 6.05. The SMILES string of the molecule is CC(C)(C1CCOCC1)[C@@H]1CCCN1[S@](=O)C(C)(C)C. The van der Waals surface area contributed by atoms with Crippen LogP contribution in [-0.2, 0) is 15.7 Å². The Morgan fingerprint density at radius 3 is 2.20 bits per heavy atom. The van der Waals surface area contributed by atoms with Gasteiger partial charge in [0.1, 0.15) is 0 Å². The molecule has 2 heterocycles. The minimum Gasteiger partial charge on any atom is -0.381 e. The van der Waals surface area contributed by atoms with Crippen molar-refractivity contribution in [1.29, 1.82) is 0 Å². The molecule has 0 bridgehead atoms. The summed E-state index contributed by atoms with van der Waals surface area (Å²) in [6.07, 6.45) is 4.67. The van der Waals surface area contributed by atoms with E-state index in [0.717, 1.165) is 32.6 Å². The Balaban J connectivity index is 2.14. The van der Waals surface area contributed by atoms with Crippen LogP contribution in [0.5, 0.6) is 0 Å². The zero-order valence-corrected chi connectivity index (χ0v) is 14.6. The summed E-state index contributed by atoms with van der Waals surface area (Å²) in [4.78, 5) is 0. The molecular formula is C16H31NO2S. The van der Waals surface area contributed by atoms with Crippen LogP contribution in [-0.4, -0.2) is 39.1 Å². The summed E-state index contributed by atoms with van der Waals surface area (Å²) >= 11 is 0. The van der Waals surface area contributed by atoms with E-state index in [-0.39, 0.29) is 10.2 Å². The highest BCUT2D eigenvalue weighted by molar-refractivity contribution is 7.84. The number of rotatable bonds is 3. The smallest absolute Gasteiger partial charge is 0.1000 e. The highest BCUT2D eigenvalue weighted by Crippen LogP contribution is 2.44. The van der Waals surface area contributed by atoms with Crippen LogP contribution < -0.4 is 0 Å². The van der Waals surface area contributed by atoms with Crippen LogP contribution >= 0.6 is 0 Å². The van der Waals surface area contributed by atoms with E-state index < -0.39 is 11.0 Å².